The Balaban J connectivity index is 1.44. The van der Waals surface area contributed by atoms with Crippen LogP contribution in [0.1, 0.15) is 58.4 Å². The fraction of sp³-hybridized carbons (Fsp3) is 0.609. The molecule has 2 N–H and O–H groups in total. The van der Waals surface area contributed by atoms with Crippen LogP contribution in [0.15, 0.2) is 24.5 Å². The zero-order valence-electron chi connectivity index (χ0n) is 18.7. The lowest BCUT2D eigenvalue weighted by Crippen LogP contribution is -2.49. The number of hydrogen-bond donors (Lipinski definition) is 2. The average Bonchev–Trinajstić information content (AvgIpc) is 3.07. The summed E-state index contributed by atoms with van der Waals surface area (Å²) in [6.45, 7) is 7.13. The first-order valence-corrected chi connectivity index (χ1v) is 11.2. The summed E-state index contributed by atoms with van der Waals surface area (Å²) in [6.07, 6.45) is 1.42. The van der Waals surface area contributed by atoms with Crippen LogP contribution in [0.2, 0.25) is 0 Å². The van der Waals surface area contributed by atoms with Crippen molar-refractivity contribution in [1.82, 2.24) is 20.2 Å². The first-order valence-electron chi connectivity index (χ1n) is 11.2. The third kappa shape index (κ3) is 4.98. The van der Waals surface area contributed by atoms with Gasteiger partial charge in [0.2, 0.25) is 5.91 Å². The highest BCUT2D eigenvalue weighted by Gasteiger charge is 2.38. The van der Waals surface area contributed by atoms with E-state index in [4.69, 9.17) is 0 Å². The SMILES string of the molecule is CC(C)(C)NC1CCC(N2CCC(Nc3ncnc4ccc(C(F)(F)F)cc34)C2=O)CC1. The number of aromatic nitrogens is 2. The van der Waals surface area contributed by atoms with E-state index in [0.29, 0.717) is 24.5 Å². The maximum absolute atomic E-state index is 13.2. The number of carbonyl (C=O) groups excluding carboxylic acids is 1. The summed E-state index contributed by atoms with van der Waals surface area (Å²) in [7, 11) is 0. The number of fused-ring (bicyclic) bond motifs is 1. The maximum Gasteiger partial charge on any atom is 0.416 e. The summed E-state index contributed by atoms with van der Waals surface area (Å²) in [4.78, 5) is 23.2. The van der Waals surface area contributed by atoms with Crippen LogP contribution in [0.25, 0.3) is 10.9 Å². The lowest BCUT2D eigenvalue weighted by Gasteiger charge is -2.37. The minimum atomic E-state index is -4.46. The van der Waals surface area contributed by atoms with Gasteiger partial charge in [0.25, 0.3) is 0 Å². The van der Waals surface area contributed by atoms with Crippen LogP contribution < -0.4 is 10.6 Å². The molecule has 2 fully saturated rings. The van der Waals surface area contributed by atoms with E-state index in [1.165, 1.54) is 12.4 Å². The fourth-order valence-corrected chi connectivity index (χ4v) is 4.86. The zero-order valence-corrected chi connectivity index (χ0v) is 18.7. The normalized spacial score (nSPS) is 24.9. The van der Waals surface area contributed by atoms with Crippen LogP contribution in [0.4, 0.5) is 19.0 Å². The fourth-order valence-electron chi connectivity index (χ4n) is 4.86. The third-order valence-electron chi connectivity index (χ3n) is 6.29. The molecule has 0 bridgehead atoms. The van der Waals surface area contributed by atoms with E-state index in [1.807, 2.05) is 4.90 Å². The molecule has 0 radical (unpaired) electrons. The van der Waals surface area contributed by atoms with Crippen LogP contribution >= 0.6 is 0 Å². The number of hydrogen-bond acceptors (Lipinski definition) is 5. The summed E-state index contributed by atoms with van der Waals surface area (Å²) in [5.41, 5.74) is -0.284. The topological polar surface area (TPSA) is 70.2 Å². The first-order chi connectivity index (χ1) is 15.0. The molecule has 32 heavy (non-hydrogen) atoms. The molecule has 2 aromatic rings. The van der Waals surface area contributed by atoms with Gasteiger partial charge < -0.3 is 15.5 Å². The quantitative estimate of drug-likeness (QED) is 0.726. The first kappa shape index (κ1) is 22.8. The monoisotopic (exact) mass is 449 g/mol. The van der Waals surface area contributed by atoms with Crippen LogP contribution in [0.5, 0.6) is 0 Å². The van der Waals surface area contributed by atoms with Crippen molar-refractivity contribution in [2.75, 3.05) is 11.9 Å². The Labute approximate surface area is 186 Å². The average molecular weight is 450 g/mol. The Bertz CT molecular complexity index is 980. The number of likely N-dealkylation sites (tertiary alicyclic amines) is 1. The molecule has 1 aromatic heterocycles. The highest BCUT2D eigenvalue weighted by atomic mass is 19.4. The summed E-state index contributed by atoms with van der Waals surface area (Å²) >= 11 is 0. The molecule has 1 atom stereocenters. The molecule has 1 amide bonds. The number of amides is 1. The molecule has 2 aliphatic rings. The van der Waals surface area contributed by atoms with Gasteiger partial charge in [-0.25, -0.2) is 9.97 Å². The van der Waals surface area contributed by atoms with Gasteiger partial charge in [-0.3, -0.25) is 4.79 Å². The molecule has 1 aromatic carbocycles. The number of nitrogens with one attached hydrogen (secondary N) is 2. The van der Waals surface area contributed by atoms with Gasteiger partial charge in [-0.1, -0.05) is 0 Å². The van der Waals surface area contributed by atoms with Gasteiger partial charge in [0.1, 0.15) is 18.2 Å². The van der Waals surface area contributed by atoms with Crippen LogP contribution in [0.3, 0.4) is 0 Å². The van der Waals surface area contributed by atoms with Gasteiger partial charge in [-0.05, 0) is 71.1 Å². The van der Waals surface area contributed by atoms with Gasteiger partial charge in [-0.15, -0.1) is 0 Å². The molecular weight excluding hydrogens is 419 g/mol. The Morgan fingerprint density at radius 2 is 1.75 bits per heavy atom. The molecule has 6 nitrogen and oxygen atoms in total. The number of alkyl halides is 3. The second-order valence-electron chi connectivity index (χ2n) is 9.87. The van der Waals surface area contributed by atoms with Crippen molar-refractivity contribution in [3.8, 4) is 0 Å². The highest BCUT2D eigenvalue weighted by Crippen LogP contribution is 2.33. The second kappa shape index (κ2) is 8.50. The smallest absolute Gasteiger partial charge is 0.358 e. The molecular formula is C23H30F3N5O. The van der Waals surface area contributed by atoms with Gasteiger partial charge in [0.15, 0.2) is 0 Å². The molecule has 9 heteroatoms. The number of benzene rings is 1. The molecule has 2 heterocycles. The van der Waals surface area contributed by atoms with E-state index in [0.717, 1.165) is 37.8 Å². The van der Waals surface area contributed by atoms with E-state index in [2.05, 4.69) is 41.4 Å². The van der Waals surface area contributed by atoms with E-state index < -0.39 is 17.8 Å². The standard InChI is InChI=1S/C23H30F3N5O/c1-22(2,3)30-15-5-7-16(8-6-15)31-11-10-19(21(31)32)29-20-17-12-14(23(24,25)26)4-9-18(17)27-13-28-20/h4,9,12-13,15-16,19,30H,5-8,10-11H2,1-3H3,(H,27,28,29). The largest absolute Gasteiger partial charge is 0.416 e. The lowest BCUT2D eigenvalue weighted by molar-refractivity contribution is -0.137. The molecule has 1 aliphatic carbocycles. The molecule has 174 valence electrons. The highest BCUT2D eigenvalue weighted by molar-refractivity contribution is 5.93. The van der Waals surface area contributed by atoms with Crippen LogP contribution in [0, 0.1) is 0 Å². The Hall–Kier alpha value is -2.42. The molecule has 4 rings (SSSR count). The summed E-state index contributed by atoms with van der Waals surface area (Å²) in [6, 6.07) is 3.57. The van der Waals surface area contributed by atoms with E-state index in [-0.39, 0.29) is 28.7 Å². The van der Waals surface area contributed by atoms with E-state index in [9.17, 15) is 18.0 Å². The predicted molar refractivity (Wildman–Crippen MR) is 117 cm³/mol. The predicted octanol–water partition coefficient (Wildman–Crippen LogP) is 4.36. The van der Waals surface area contributed by atoms with Crippen molar-refractivity contribution in [3.05, 3.63) is 30.1 Å². The van der Waals surface area contributed by atoms with Crippen LogP contribution in [-0.4, -0.2) is 51.0 Å². The van der Waals surface area contributed by atoms with E-state index >= 15 is 0 Å². The molecule has 1 unspecified atom stereocenters. The Morgan fingerprint density at radius 3 is 2.41 bits per heavy atom. The minimum absolute atomic E-state index is 0.00373. The number of nitrogens with zero attached hydrogens (tertiary/aromatic N) is 3. The van der Waals surface area contributed by atoms with Crippen molar-refractivity contribution >= 4 is 22.6 Å². The maximum atomic E-state index is 13.2. The number of halogens is 3. The minimum Gasteiger partial charge on any atom is -0.358 e. The van der Waals surface area contributed by atoms with Gasteiger partial charge in [-0.2, -0.15) is 13.2 Å². The van der Waals surface area contributed by atoms with Crippen molar-refractivity contribution in [1.29, 1.82) is 0 Å². The second-order valence-corrected chi connectivity index (χ2v) is 9.87. The van der Waals surface area contributed by atoms with Crippen molar-refractivity contribution in [2.24, 2.45) is 0 Å². The van der Waals surface area contributed by atoms with Crippen molar-refractivity contribution in [2.45, 2.75) is 82.7 Å². The summed E-state index contributed by atoms with van der Waals surface area (Å²) < 4.78 is 39.5. The molecule has 0 spiro atoms. The van der Waals surface area contributed by atoms with Gasteiger partial charge >= 0.3 is 6.18 Å². The molecule has 1 aliphatic heterocycles. The third-order valence-corrected chi connectivity index (χ3v) is 6.29. The Morgan fingerprint density at radius 1 is 1.03 bits per heavy atom. The van der Waals surface area contributed by atoms with Gasteiger partial charge in [0, 0.05) is 29.6 Å². The Kier molecular flexibility index (Phi) is 6.04. The van der Waals surface area contributed by atoms with E-state index in [1.54, 1.807) is 0 Å². The van der Waals surface area contributed by atoms with Gasteiger partial charge in [0.05, 0.1) is 11.1 Å². The number of carbonyl (C=O) groups is 1. The van der Waals surface area contributed by atoms with Crippen LogP contribution in [-0.2, 0) is 11.0 Å². The molecule has 1 saturated heterocycles. The van der Waals surface area contributed by atoms with Crippen molar-refractivity contribution < 1.29 is 18.0 Å². The lowest BCUT2D eigenvalue weighted by atomic mass is 9.89. The van der Waals surface area contributed by atoms with Crippen molar-refractivity contribution in [3.63, 3.8) is 0 Å². The zero-order chi connectivity index (χ0) is 23.1. The summed E-state index contributed by atoms with van der Waals surface area (Å²) in [5, 5.41) is 7.01. The number of rotatable bonds is 4. The number of anilines is 1. The summed E-state index contributed by atoms with van der Waals surface area (Å²) in [5.74, 6) is 0.260. The molecule has 1 saturated carbocycles.